The number of carbonyl (C=O) groups excluding carboxylic acids is 1. The van der Waals surface area contributed by atoms with Gasteiger partial charge in [0.1, 0.15) is 5.70 Å². The Morgan fingerprint density at radius 2 is 1.15 bits per heavy atom. The molecule has 2 aromatic carbocycles. The SMILES string of the molecule is O=C1C=CC(Nc2ccc([N+](=O)[O-])cc2)=C1Nc1ccc([N+](=O)[O-])cc1. The number of nitrogens with one attached hydrogen (secondary N) is 2. The monoisotopic (exact) mass is 352 g/mol. The van der Waals surface area contributed by atoms with Crippen molar-refractivity contribution in [3.8, 4) is 0 Å². The molecule has 1 aliphatic carbocycles. The largest absolute Gasteiger partial charge is 0.354 e. The number of hydrogen-bond donors (Lipinski definition) is 2. The fraction of sp³-hybridized carbons (Fsp3) is 0. The third-order valence-electron chi connectivity index (χ3n) is 3.62. The van der Waals surface area contributed by atoms with Gasteiger partial charge >= 0.3 is 0 Å². The van der Waals surface area contributed by atoms with Crippen molar-refractivity contribution in [3.05, 3.63) is 92.3 Å². The van der Waals surface area contributed by atoms with Gasteiger partial charge in [-0.15, -0.1) is 0 Å². The maximum atomic E-state index is 12.1. The summed E-state index contributed by atoms with van der Waals surface area (Å²) in [6.45, 7) is 0. The van der Waals surface area contributed by atoms with Crippen molar-refractivity contribution >= 4 is 28.5 Å². The Balaban J connectivity index is 1.80. The fourth-order valence-electron chi connectivity index (χ4n) is 2.32. The zero-order chi connectivity index (χ0) is 18.7. The van der Waals surface area contributed by atoms with Crippen LogP contribution in [0.2, 0.25) is 0 Å². The molecule has 0 fully saturated rings. The van der Waals surface area contributed by atoms with Crippen LogP contribution in [0.4, 0.5) is 22.7 Å². The summed E-state index contributed by atoms with van der Waals surface area (Å²) in [7, 11) is 0. The van der Waals surface area contributed by atoms with Crippen molar-refractivity contribution in [2.75, 3.05) is 10.6 Å². The van der Waals surface area contributed by atoms with E-state index in [4.69, 9.17) is 0 Å². The van der Waals surface area contributed by atoms with E-state index in [9.17, 15) is 25.0 Å². The number of anilines is 2. The highest BCUT2D eigenvalue weighted by Gasteiger charge is 2.19. The highest BCUT2D eigenvalue weighted by Crippen LogP contribution is 2.24. The van der Waals surface area contributed by atoms with E-state index >= 15 is 0 Å². The minimum atomic E-state index is -0.507. The first-order chi connectivity index (χ1) is 12.4. The molecular formula is C17H12N4O5. The van der Waals surface area contributed by atoms with Crippen molar-refractivity contribution in [3.63, 3.8) is 0 Å². The predicted molar refractivity (Wildman–Crippen MR) is 94.6 cm³/mol. The molecule has 26 heavy (non-hydrogen) atoms. The molecule has 0 aliphatic heterocycles. The summed E-state index contributed by atoms with van der Waals surface area (Å²) in [5.74, 6) is -0.257. The first kappa shape index (κ1) is 16.8. The molecular weight excluding hydrogens is 340 g/mol. The number of rotatable bonds is 6. The van der Waals surface area contributed by atoms with Crippen molar-refractivity contribution < 1.29 is 14.6 Å². The average molecular weight is 352 g/mol. The topological polar surface area (TPSA) is 127 Å². The van der Waals surface area contributed by atoms with E-state index in [1.807, 2.05) is 0 Å². The lowest BCUT2D eigenvalue weighted by molar-refractivity contribution is -0.385. The van der Waals surface area contributed by atoms with Crippen LogP contribution in [-0.2, 0) is 4.79 Å². The quantitative estimate of drug-likeness (QED) is 0.602. The van der Waals surface area contributed by atoms with Gasteiger partial charge in [-0.25, -0.2) is 0 Å². The van der Waals surface area contributed by atoms with Crippen molar-refractivity contribution in [1.29, 1.82) is 0 Å². The molecule has 0 atom stereocenters. The summed E-state index contributed by atoms with van der Waals surface area (Å²) in [6.07, 6.45) is 2.96. The van der Waals surface area contributed by atoms with E-state index in [0.29, 0.717) is 17.1 Å². The summed E-state index contributed by atoms with van der Waals surface area (Å²) in [5.41, 5.74) is 1.77. The Kier molecular flexibility index (Phi) is 4.44. The number of nitro groups is 2. The molecule has 0 spiro atoms. The smallest absolute Gasteiger partial charge is 0.269 e. The van der Waals surface area contributed by atoms with Gasteiger partial charge in [-0.2, -0.15) is 0 Å². The minimum absolute atomic E-state index is 0.0354. The number of carbonyl (C=O) groups is 1. The normalized spacial score (nSPS) is 13.0. The van der Waals surface area contributed by atoms with Crippen LogP contribution in [-0.4, -0.2) is 15.6 Å². The zero-order valence-electron chi connectivity index (χ0n) is 13.2. The lowest BCUT2D eigenvalue weighted by Crippen LogP contribution is -2.11. The van der Waals surface area contributed by atoms with Crippen LogP contribution in [0.5, 0.6) is 0 Å². The van der Waals surface area contributed by atoms with Gasteiger partial charge in [0, 0.05) is 35.6 Å². The number of allylic oxidation sites excluding steroid dienone is 2. The highest BCUT2D eigenvalue weighted by molar-refractivity contribution is 6.10. The first-order valence-electron chi connectivity index (χ1n) is 7.44. The Morgan fingerprint density at radius 1 is 0.692 bits per heavy atom. The summed E-state index contributed by atoms with van der Waals surface area (Å²) in [5, 5.41) is 27.3. The molecule has 130 valence electrons. The molecule has 0 unspecified atom stereocenters. The Bertz CT molecular complexity index is 885. The molecule has 2 N–H and O–H groups in total. The molecule has 0 saturated carbocycles. The average Bonchev–Trinajstić information content (AvgIpc) is 2.96. The molecule has 0 radical (unpaired) electrons. The van der Waals surface area contributed by atoms with E-state index in [1.165, 1.54) is 54.6 Å². The van der Waals surface area contributed by atoms with Gasteiger partial charge in [0.2, 0.25) is 5.78 Å². The second-order valence-electron chi connectivity index (χ2n) is 5.34. The van der Waals surface area contributed by atoms with Crippen LogP contribution in [0.1, 0.15) is 0 Å². The van der Waals surface area contributed by atoms with Gasteiger partial charge in [0.15, 0.2) is 0 Å². The second-order valence-corrected chi connectivity index (χ2v) is 5.34. The molecule has 3 rings (SSSR count). The number of nitrogens with zero attached hydrogens (tertiary/aromatic N) is 2. The number of non-ortho nitro benzene ring substituents is 2. The van der Waals surface area contributed by atoms with E-state index in [0.717, 1.165) is 0 Å². The lowest BCUT2D eigenvalue weighted by Gasteiger charge is -2.11. The molecule has 9 nitrogen and oxygen atoms in total. The van der Waals surface area contributed by atoms with Gasteiger partial charge in [0.25, 0.3) is 11.4 Å². The van der Waals surface area contributed by atoms with Crippen molar-refractivity contribution in [1.82, 2.24) is 0 Å². The van der Waals surface area contributed by atoms with Gasteiger partial charge in [-0.3, -0.25) is 25.0 Å². The number of benzene rings is 2. The maximum Gasteiger partial charge on any atom is 0.269 e. The third kappa shape index (κ3) is 3.56. The Hall–Kier alpha value is -4.01. The van der Waals surface area contributed by atoms with Gasteiger partial charge in [-0.1, -0.05) is 0 Å². The van der Waals surface area contributed by atoms with E-state index in [1.54, 1.807) is 6.08 Å². The van der Waals surface area contributed by atoms with Crippen molar-refractivity contribution in [2.45, 2.75) is 0 Å². The van der Waals surface area contributed by atoms with Crippen molar-refractivity contribution in [2.24, 2.45) is 0 Å². The molecule has 2 aromatic rings. The number of hydrogen-bond acceptors (Lipinski definition) is 7. The lowest BCUT2D eigenvalue weighted by atomic mass is 10.2. The maximum absolute atomic E-state index is 12.1. The van der Waals surface area contributed by atoms with Gasteiger partial charge in [0.05, 0.1) is 15.5 Å². The van der Waals surface area contributed by atoms with E-state index in [-0.39, 0.29) is 22.9 Å². The molecule has 0 saturated heterocycles. The van der Waals surface area contributed by atoms with Crippen LogP contribution in [0.15, 0.2) is 72.1 Å². The standard InChI is InChI=1S/C17H12N4O5/c22-16-10-9-15(18-11-1-5-13(6-2-11)20(23)24)17(16)19-12-3-7-14(8-4-12)21(25)26/h1-10H,(H2,18,19,22). The summed E-state index contributed by atoms with van der Waals surface area (Å²) in [4.78, 5) is 32.4. The summed E-state index contributed by atoms with van der Waals surface area (Å²) in [6, 6.07) is 11.4. The molecule has 0 aromatic heterocycles. The van der Waals surface area contributed by atoms with Crippen LogP contribution in [0.3, 0.4) is 0 Å². The predicted octanol–water partition coefficient (Wildman–Crippen LogP) is 3.38. The molecule has 1 aliphatic rings. The molecule has 0 amide bonds. The molecule has 0 heterocycles. The van der Waals surface area contributed by atoms with Crippen LogP contribution >= 0.6 is 0 Å². The number of ketones is 1. The summed E-state index contributed by atoms with van der Waals surface area (Å²) >= 11 is 0. The van der Waals surface area contributed by atoms with E-state index in [2.05, 4.69) is 10.6 Å². The van der Waals surface area contributed by atoms with Gasteiger partial charge in [-0.05, 0) is 36.4 Å². The Labute approximate surface area is 146 Å². The van der Waals surface area contributed by atoms with Crippen LogP contribution < -0.4 is 10.6 Å². The van der Waals surface area contributed by atoms with Crippen LogP contribution in [0.25, 0.3) is 0 Å². The minimum Gasteiger partial charge on any atom is -0.354 e. The number of nitro benzene ring substituents is 2. The molecule has 0 bridgehead atoms. The van der Waals surface area contributed by atoms with Crippen LogP contribution in [0, 0.1) is 20.2 Å². The van der Waals surface area contributed by atoms with E-state index < -0.39 is 9.85 Å². The second kappa shape index (κ2) is 6.85. The fourth-order valence-corrected chi connectivity index (χ4v) is 2.32. The highest BCUT2D eigenvalue weighted by atomic mass is 16.6. The Morgan fingerprint density at radius 3 is 1.62 bits per heavy atom. The third-order valence-corrected chi connectivity index (χ3v) is 3.62. The molecule has 9 heteroatoms. The zero-order valence-corrected chi connectivity index (χ0v) is 13.2. The first-order valence-corrected chi connectivity index (χ1v) is 7.44. The summed E-state index contributed by atoms with van der Waals surface area (Å²) < 4.78 is 0. The van der Waals surface area contributed by atoms with Gasteiger partial charge < -0.3 is 10.6 Å².